The molecule has 1 aliphatic heterocycles. The number of hydrogen-bond acceptors (Lipinski definition) is 6. The van der Waals surface area contributed by atoms with Crippen molar-refractivity contribution in [3.63, 3.8) is 0 Å². The molecule has 1 aromatic rings. The van der Waals surface area contributed by atoms with Gasteiger partial charge >= 0.3 is 0 Å². The van der Waals surface area contributed by atoms with Gasteiger partial charge in [-0.2, -0.15) is 0 Å². The molecule has 0 spiro atoms. The number of benzene rings is 1. The molecule has 0 saturated carbocycles. The van der Waals surface area contributed by atoms with Crippen LogP contribution >= 0.6 is 0 Å². The summed E-state index contributed by atoms with van der Waals surface area (Å²) in [4.78, 5) is 12.2. The fourth-order valence-corrected chi connectivity index (χ4v) is 6.02. The number of carbonyl (C=O) groups excluding carboxylic acids is 1. The number of ether oxygens (including phenoxy) is 1. The fraction of sp³-hybridized carbons (Fsp3) is 0.588. The van der Waals surface area contributed by atoms with E-state index in [4.69, 9.17) is 4.74 Å². The summed E-state index contributed by atoms with van der Waals surface area (Å²) in [7, 11) is -6.27. The van der Waals surface area contributed by atoms with Crippen LogP contribution in [0.1, 0.15) is 33.6 Å². The Morgan fingerprint density at radius 3 is 2.48 bits per heavy atom. The highest BCUT2D eigenvalue weighted by molar-refractivity contribution is 7.94. The van der Waals surface area contributed by atoms with Gasteiger partial charge in [-0.05, 0) is 31.5 Å². The Morgan fingerprint density at radius 1 is 1.30 bits per heavy atom. The van der Waals surface area contributed by atoms with Crippen molar-refractivity contribution in [2.45, 2.75) is 38.5 Å². The maximum absolute atomic E-state index is 13.0. The van der Waals surface area contributed by atoms with E-state index < -0.39 is 31.9 Å². The Bertz CT molecular complexity index is 911. The number of unbranched alkanes of at least 4 members (excludes halogenated alkanes) is 1. The van der Waals surface area contributed by atoms with Crippen LogP contribution in [0.25, 0.3) is 0 Å². The molecule has 27 heavy (non-hydrogen) atoms. The SMILES string of the molecule is CCCCN(C)S(=O)(=O)c1cc(N2C(=O)C(C)CS2(=O)=O)ccc1OCC. The molecule has 1 saturated heterocycles. The first kappa shape index (κ1) is 21.6. The highest BCUT2D eigenvalue weighted by Crippen LogP contribution is 2.35. The van der Waals surface area contributed by atoms with Gasteiger partial charge in [-0.1, -0.05) is 20.3 Å². The minimum absolute atomic E-state index is 0.00951. The number of hydrogen-bond donors (Lipinski definition) is 0. The Hall–Kier alpha value is -1.65. The van der Waals surface area contributed by atoms with E-state index in [1.807, 2.05) is 6.92 Å². The second-order valence-electron chi connectivity index (χ2n) is 6.53. The number of sulfonamides is 2. The summed E-state index contributed by atoms with van der Waals surface area (Å²) in [6, 6.07) is 3.99. The summed E-state index contributed by atoms with van der Waals surface area (Å²) >= 11 is 0. The predicted octanol–water partition coefficient (Wildman–Crippen LogP) is 1.82. The summed E-state index contributed by atoms with van der Waals surface area (Å²) in [5.41, 5.74) is 0.00951. The quantitative estimate of drug-likeness (QED) is 0.638. The molecule has 1 aliphatic rings. The Morgan fingerprint density at radius 2 is 1.96 bits per heavy atom. The molecule has 2 rings (SSSR count). The van der Waals surface area contributed by atoms with Crippen molar-refractivity contribution in [3.05, 3.63) is 18.2 Å². The summed E-state index contributed by atoms with van der Waals surface area (Å²) in [5, 5.41) is 0. The summed E-state index contributed by atoms with van der Waals surface area (Å²) < 4.78 is 58.0. The molecule has 1 aromatic carbocycles. The Balaban J connectivity index is 2.57. The number of amides is 1. The topological polar surface area (TPSA) is 101 Å². The number of rotatable bonds is 8. The third-order valence-corrected chi connectivity index (χ3v) is 8.08. The van der Waals surface area contributed by atoms with Crippen LogP contribution in [0.5, 0.6) is 5.75 Å². The lowest BCUT2D eigenvalue weighted by atomic mass is 10.2. The van der Waals surface area contributed by atoms with Crippen LogP contribution < -0.4 is 9.04 Å². The highest BCUT2D eigenvalue weighted by atomic mass is 32.2. The lowest BCUT2D eigenvalue weighted by Gasteiger charge is -2.21. The van der Waals surface area contributed by atoms with Gasteiger partial charge < -0.3 is 4.74 Å². The number of nitrogens with zero attached hydrogens (tertiary/aromatic N) is 2. The summed E-state index contributed by atoms with van der Waals surface area (Å²) in [6.07, 6.45) is 1.52. The standard InChI is InChI=1S/C17H26N2O6S2/c1-5-7-10-18(4)27(23,24)16-11-14(8-9-15(16)25-6-2)19-17(20)13(3)12-26(19,21)22/h8-9,11,13H,5-7,10,12H2,1-4H3. The average molecular weight is 419 g/mol. The van der Waals surface area contributed by atoms with Crippen molar-refractivity contribution in [1.29, 1.82) is 0 Å². The first-order chi connectivity index (χ1) is 12.6. The van der Waals surface area contributed by atoms with Gasteiger partial charge in [0.15, 0.2) is 0 Å². The molecule has 0 aromatic heterocycles. The van der Waals surface area contributed by atoms with E-state index in [0.717, 1.165) is 6.42 Å². The molecular formula is C17H26N2O6S2. The highest BCUT2D eigenvalue weighted by Gasteiger charge is 2.42. The van der Waals surface area contributed by atoms with Gasteiger partial charge in [0.25, 0.3) is 0 Å². The second-order valence-corrected chi connectivity index (χ2v) is 10.4. The van der Waals surface area contributed by atoms with Crippen LogP contribution in [0.15, 0.2) is 23.1 Å². The molecule has 0 radical (unpaired) electrons. The van der Waals surface area contributed by atoms with E-state index in [-0.39, 0.29) is 28.7 Å². The molecule has 1 heterocycles. The van der Waals surface area contributed by atoms with Crippen LogP contribution in [0.2, 0.25) is 0 Å². The van der Waals surface area contributed by atoms with Crippen molar-refractivity contribution < 1.29 is 26.4 Å². The van der Waals surface area contributed by atoms with Gasteiger partial charge in [0.1, 0.15) is 10.6 Å². The monoisotopic (exact) mass is 418 g/mol. The van der Waals surface area contributed by atoms with E-state index in [0.29, 0.717) is 17.3 Å². The largest absolute Gasteiger partial charge is 0.492 e. The van der Waals surface area contributed by atoms with Crippen molar-refractivity contribution in [3.8, 4) is 5.75 Å². The van der Waals surface area contributed by atoms with Gasteiger partial charge in [-0.3, -0.25) is 4.79 Å². The zero-order valence-electron chi connectivity index (χ0n) is 16.0. The Labute approximate surface area is 161 Å². The molecule has 1 atom stereocenters. The smallest absolute Gasteiger partial charge is 0.246 e. The number of carbonyl (C=O) groups is 1. The van der Waals surface area contributed by atoms with Crippen LogP contribution in [0, 0.1) is 5.92 Å². The summed E-state index contributed by atoms with van der Waals surface area (Å²) in [5.74, 6) is -1.41. The first-order valence-electron chi connectivity index (χ1n) is 8.86. The molecule has 0 aliphatic carbocycles. The third-order valence-electron chi connectivity index (χ3n) is 4.34. The molecule has 1 unspecified atom stereocenters. The van der Waals surface area contributed by atoms with Crippen molar-refractivity contribution in [2.75, 3.05) is 30.3 Å². The van der Waals surface area contributed by atoms with Crippen LogP contribution in [-0.2, 0) is 24.8 Å². The maximum atomic E-state index is 13.0. The second kappa shape index (κ2) is 8.15. The fourth-order valence-electron chi connectivity index (χ4n) is 2.86. The predicted molar refractivity (Wildman–Crippen MR) is 103 cm³/mol. The van der Waals surface area contributed by atoms with Gasteiger partial charge in [0.05, 0.1) is 24.0 Å². The molecule has 0 N–H and O–H groups in total. The normalized spacial score (nSPS) is 19.7. The molecule has 0 bridgehead atoms. The first-order valence-corrected chi connectivity index (χ1v) is 11.9. The molecule has 1 amide bonds. The van der Waals surface area contributed by atoms with E-state index in [1.54, 1.807) is 6.92 Å². The third kappa shape index (κ3) is 4.27. The zero-order valence-corrected chi connectivity index (χ0v) is 17.6. The minimum Gasteiger partial charge on any atom is -0.492 e. The Kier molecular flexibility index (Phi) is 6.54. The summed E-state index contributed by atoms with van der Waals surface area (Å²) in [6.45, 7) is 5.79. The van der Waals surface area contributed by atoms with Crippen LogP contribution in [0.3, 0.4) is 0 Å². The van der Waals surface area contributed by atoms with E-state index in [9.17, 15) is 21.6 Å². The lowest BCUT2D eigenvalue weighted by Crippen LogP contribution is -2.31. The van der Waals surface area contributed by atoms with E-state index in [1.165, 1.54) is 36.5 Å². The molecule has 8 nitrogen and oxygen atoms in total. The van der Waals surface area contributed by atoms with Crippen LogP contribution in [-0.4, -0.2) is 53.0 Å². The van der Waals surface area contributed by atoms with E-state index in [2.05, 4.69) is 0 Å². The zero-order chi connectivity index (χ0) is 20.4. The molecule has 152 valence electrons. The van der Waals surface area contributed by atoms with Gasteiger partial charge in [-0.25, -0.2) is 25.4 Å². The van der Waals surface area contributed by atoms with Gasteiger partial charge in [-0.15, -0.1) is 0 Å². The van der Waals surface area contributed by atoms with Crippen LogP contribution in [0.4, 0.5) is 5.69 Å². The van der Waals surface area contributed by atoms with Crippen molar-refractivity contribution in [1.82, 2.24) is 4.31 Å². The van der Waals surface area contributed by atoms with Crippen molar-refractivity contribution in [2.24, 2.45) is 5.92 Å². The maximum Gasteiger partial charge on any atom is 0.246 e. The molecular weight excluding hydrogens is 392 g/mol. The minimum atomic E-state index is -3.91. The molecule has 1 fully saturated rings. The van der Waals surface area contributed by atoms with E-state index >= 15 is 0 Å². The number of anilines is 1. The molecule has 10 heteroatoms. The van der Waals surface area contributed by atoms with Crippen molar-refractivity contribution >= 4 is 31.6 Å². The van der Waals surface area contributed by atoms with Gasteiger partial charge in [0, 0.05) is 13.6 Å². The average Bonchev–Trinajstić information content (AvgIpc) is 2.80. The lowest BCUT2D eigenvalue weighted by molar-refractivity contribution is -0.119. The van der Waals surface area contributed by atoms with Gasteiger partial charge in [0.2, 0.25) is 26.0 Å².